The molecule has 0 saturated carbocycles. The van der Waals surface area contributed by atoms with Crippen LogP contribution in [0, 0.1) is 0 Å². The van der Waals surface area contributed by atoms with E-state index in [0.29, 0.717) is 38.4 Å². The Morgan fingerprint density at radius 3 is 2.56 bits per heavy atom. The molecule has 2 heterocycles. The Balaban J connectivity index is 1.46. The number of furan rings is 1. The van der Waals surface area contributed by atoms with E-state index in [2.05, 4.69) is 10.1 Å². The van der Waals surface area contributed by atoms with Crippen LogP contribution in [0.5, 0.6) is 11.5 Å². The van der Waals surface area contributed by atoms with Gasteiger partial charge >= 0.3 is 12.0 Å². The topological polar surface area (TPSA) is 107 Å². The van der Waals surface area contributed by atoms with Crippen molar-refractivity contribution in [2.45, 2.75) is 13.2 Å². The van der Waals surface area contributed by atoms with Crippen LogP contribution in [0.25, 0.3) is 6.08 Å². The van der Waals surface area contributed by atoms with Crippen molar-refractivity contribution in [3.05, 3.63) is 86.9 Å². The quantitative estimate of drug-likeness (QED) is 0.246. The van der Waals surface area contributed by atoms with Crippen LogP contribution in [0.15, 0.2) is 58.6 Å². The molecular weight excluding hydrogens is 511 g/mol. The van der Waals surface area contributed by atoms with Crippen LogP contribution in [-0.4, -0.2) is 37.0 Å². The van der Waals surface area contributed by atoms with Gasteiger partial charge in [0.1, 0.15) is 18.1 Å². The van der Waals surface area contributed by atoms with E-state index in [-0.39, 0.29) is 24.6 Å². The summed E-state index contributed by atoms with van der Waals surface area (Å²) in [5, 5.41) is 3.30. The highest BCUT2D eigenvalue weighted by molar-refractivity contribution is 6.42. The Hall–Kier alpha value is -3.95. The number of halogens is 2. The van der Waals surface area contributed by atoms with Gasteiger partial charge in [0.2, 0.25) is 5.76 Å². The molecule has 1 aliphatic heterocycles. The van der Waals surface area contributed by atoms with E-state index in [1.807, 2.05) is 0 Å². The molecule has 36 heavy (non-hydrogen) atoms. The molecule has 0 atom stereocenters. The molecule has 1 fully saturated rings. The highest BCUT2D eigenvalue weighted by Gasteiger charge is 2.33. The van der Waals surface area contributed by atoms with Crippen molar-refractivity contribution in [3.8, 4) is 11.5 Å². The number of esters is 1. The maximum Gasteiger partial charge on any atom is 0.373 e. The number of hydrogen-bond acceptors (Lipinski definition) is 7. The number of benzene rings is 2. The second-order valence-electron chi connectivity index (χ2n) is 7.58. The molecule has 3 amide bonds. The highest BCUT2D eigenvalue weighted by Crippen LogP contribution is 2.30. The standard InChI is InChI=1S/C25H20Cl2N2O7/c1-33-22-11-14(4-7-20(22)35-13-16-5-8-21(36-16)24(31)34-2)10-19-23(30)29(25(32)28-19)12-15-3-6-17(26)18(27)9-15/h3-11H,12-13H2,1-2H3,(H,28,32)/b19-10+. The van der Waals surface area contributed by atoms with E-state index >= 15 is 0 Å². The fourth-order valence-corrected chi connectivity index (χ4v) is 3.73. The Labute approximate surface area is 216 Å². The molecular formula is C25H20Cl2N2O7. The number of amides is 3. The third-order valence-corrected chi connectivity index (χ3v) is 5.94. The molecule has 0 aliphatic carbocycles. The molecule has 0 bridgehead atoms. The largest absolute Gasteiger partial charge is 0.493 e. The van der Waals surface area contributed by atoms with Crippen molar-refractivity contribution in [2.24, 2.45) is 0 Å². The number of rotatable bonds is 8. The average Bonchev–Trinajstić information content (AvgIpc) is 3.45. The van der Waals surface area contributed by atoms with Crippen LogP contribution in [0.4, 0.5) is 4.79 Å². The number of carbonyl (C=O) groups excluding carboxylic acids is 3. The van der Waals surface area contributed by atoms with Crippen molar-refractivity contribution in [1.82, 2.24) is 10.2 Å². The summed E-state index contributed by atoms with van der Waals surface area (Å²) in [6, 6.07) is 12.5. The van der Waals surface area contributed by atoms with E-state index in [0.717, 1.165) is 4.90 Å². The molecule has 3 aromatic rings. The van der Waals surface area contributed by atoms with Crippen molar-refractivity contribution >= 4 is 47.2 Å². The summed E-state index contributed by atoms with van der Waals surface area (Å²) in [5.41, 5.74) is 1.37. The molecule has 0 unspecified atom stereocenters. The van der Waals surface area contributed by atoms with Crippen molar-refractivity contribution in [1.29, 1.82) is 0 Å². The van der Waals surface area contributed by atoms with E-state index in [9.17, 15) is 14.4 Å². The third-order valence-electron chi connectivity index (χ3n) is 5.20. The predicted molar refractivity (Wildman–Crippen MR) is 131 cm³/mol. The lowest BCUT2D eigenvalue weighted by molar-refractivity contribution is -0.123. The molecule has 2 aromatic carbocycles. The molecule has 4 rings (SSSR count). The number of ether oxygens (including phenoxy) is 3. The molecule has 186 valence electrons. The molecule has 1 saturated heterocycles. The first-order valence-corrected chi connectivity index (χ1v) is 11.3. The van der Waals surface area contributed by atoms with Crippen molar-refractivity contribution in [2.75, 3.05) is 14.2 Å². The van der Waals surface area contributed by atoms with Gasteiger partial charge in [0, 0.05) is 0 Å². The van der Waals surface area contributed by atoms with Gasteiger partial charge in [-0.1, -0.05) is 35.3 Å². The van der Waals surface area contributed by atoms with E-state index < -0.39 is 17.9 Å². The summed E-state index contributed by atoms with van der Waals surface area (Å²) in [7, 11) is 2.74. The van der Waals surface area contributed by atoms with E-state index in [1.165, 1.54) is 26.4 Å². The summed E-state index contributed by atoms with van der Waals surface area (Å²) >= 11 is 12.0. The Morgan fingerprint density at radius 1 is 1.03 bits per heavy atom. The first-order chi connectivity index (χ1) is 17.3. The lowest BCUT2D eigenvalue weighted by Crippen LogP contribution is -2.30. The third kappa shape index (κ3) is 5.48. The molecule has 0 spiro atoms. The van der Waals surface area contributed by atoms with Gasteiger partial charge in [0.05, 0.1) is 30.8 Å². The van der Waals surface area contributed by atoms with Crippen LogP contribution in [0.1, 0.15) is 27.4 Å². The van der Waals surface area contributed by atoms with Crippen LogP contribution in [0.2, 0.25) is 10.0 Å². The van der Waals surface area contributed by atoms with Gasteiger partial charge < -0.3 is 23.9 Å². The maximum absolute atomic E-state index is 12.8. The number of hydrogen-bond donors (Lipinski definition) is 1. The second-order valence-corrected chi connectivity index (χ2v) is 8.40. The van der Waals surface area contributed by atoms with Gasteiger partial charge in [0.25, 0.3) is 5.91 Å². The molecule has 1 aliphatic rings. The molecule has 9 nitrogen and oxygen atoms in total. The first-order valence-electron chi connectivity index (χ1n) is 10.6. The molecule has 1 aromatic heterocycles. The number of imide groups is 1. The van der Waals surface area contributed by atoms with Gasteiger partial charge in [-0.05, 0) is 53.6 Å². The fraction of sp³-hybridized carbons (Fsp3) is 0.160. The molecule has 0 radical (unpaired) electrons. The van der Waals surface area contributed by atoms with E-state index in [1.54, 1.807) is 42.5 Å². The van der Waals surface area contributed by atoms with Gasteiger partial charge in [-0.3, -0.25) is 9.69 Å². The minimum absolute atomic E-state index is 0.0411. The predicted octanol–water partition coefficient (Wildman–Crippen LogP) is 5.05. The van der Waals surface area contributed by atoms with Crippen LogP contribution in [-0.2, 0) is 22.7 Å². The zero-order chi connectivity index (χ0) is 25.8. The summed E-state index contributed by atoms with van der Waals surface area (Å²) in [6.45, 7) is 0.0888. The second kappa shape index (κ2) is 10.8. The lowest BCUT2D eigenvalue weighted by Gasteiger charge is -2.12. The molecule has 11 heteroatoms. The normalized spacial score (nSPS) is 14.2. The number of carbonyl (C=O) groups is 3. The highest BCUT2D eigenvalue weighted by atomic mass is 35.5. The average molecular weight is 531 g/mol. The monoisotopic (exact) mass is 530 g/mol. The summed E-state index contributed by atoms with van der Waals surface area (Å²) in [4.78, 5) is 37.9. The summed E-state index contributed by atoms with van der Waals surface area (Å²) in [6.07, 6.45) is 1.54. The van der Waals surface area contributed by atoms with Crippen LogP contribution < -0.4 is 14.8 Å². The smallest absolute Gasteiger partial charge is 0.373 e. The number of methoxy groups -OCH3 is 2. The number of nitrogens with zero attached hydrogens (tertiary/aromatic N) is 1. The SMILES string of the molecule is COC(=O)c1ccc(COc2ccc(/C=C3/NC(=O)N(Cc4ccc(Cl)c(Cl)c4)C3=O)cc2OC)o1. The van der Waals surface area contributed by atoms with Gasteiger partial charge in [-0.25, -0.2) is 9.59 Å². The van der Waals surface area contributed by atoms with Crippen LogP contribution in [0.3, 0.4) is 0 Å². The number of nitrogens with one attached hydrogen (secondary N) is 1. The minimum Gasteiger partial charge on any atom is -0.493 e. The van der Waals surface area contributed by atoms with Gasteiger partial charge in [0.15, 0.2) is 11.5 Å². The zero-order valence-electron chi connectivity index (χ0n) is 19.2. The van der Waals surface area contributed by atoms with Gasteiger partial charge in [-0.2, -0.15) is 0 Å². The zero-order valence-corrected chi connectivity index (χ0v) is 20.7. The van der Waals surface area contributed by atoms with Crippen molar-refractivity contribution < 1.29 is 33.0 Å². The summed E-state index contributed by atoms with van der Waals surface area (Å²) in [5.74, 6) is 0.239. The molecule has 1 N–H and O–H groups in total. The minimum atomic E-state index is -0.583. The van der Waals surface area contributed by atoms with Gasteiger partial charge in [-0.15, -0.1) is 0 Å². The van der Waals surface area contributed by atoms with Crippen LogP contribution >= 0.6 is 23.2 Å². The summed E-state index contributed by atoms with van der Waals surface area (Å²) < 4.78 is 21.2. The number of urea groups is 1. The maximum atomic E-state index is 12.8. The van der Waals surface area contributed by atoms with Crippen molar-refractivity contribution in [3.63, 3.8) is 0 Å². The Kier molecular flexibility index (Phi) is 7.52. The lowest BCUT2D eigenvalue weighted by atomic mass is 10.1. The van der Waals surface area contributed by atoms with E-state index in [4.69, 9.17) is 37.1 Å². The first kappa shape index (κ1) is 25.2. The Morgan fingerprint density at radius 2 is 1.83 bits per heavy atom. The Bertz CT molecular complexity index is 1370. The fourth-order valence-electron chi connectivity index (χ4n) is 3.41.